The molecule has 3 rings (SSSR count). The average Bonchev–Trinajstić information content (AvgIpc) is 3.15. The zero-order valence-corrected chi connectivity index (χ0v) is 23.8. The lowest BCUT2D eigenvalue weighted by molar-refractivity contribution is 0.0600. The first kappa shape index (κ1) is 27.2. The number of methoxy groups -OCH3 is 1. The predicted octanol–water partition coefficient (Wildman–Crippen LogP) is 9.04. The number of hydrogen-bond donors (Lipinski definition) is 0. The molecule has 0 spiro atoms. The summed E-state index contributed by atoms with van der Waals surface area (Å²) in [5, 5.41) is 0. The van der Waals surface area contributed by atoms with E-state index in [0.29, 0.717) is 33.5 Å². The molecule has 0 fully saturated rings. The fourth-order valence-corrected chi connectivity index (χ4v) is 11.3. The van der Waals surface area contributed by atoms with Gasteiger partial charge in [0.25, 0.3) is 8.32 Å². The van der Waals surface area contributed by atoms with Crippen molar-refractivity contribution in [1.82, 2.24) is 0 Å². The maximum Gasteiger partial charge on any atom is 0.337 e. The zero-order valence-electron chi connectivity index (χ0n) is 22.8. The van der Waals surface area contributed by atoms with Crippen LogP contribution in [0, 0.1) is 11.2 Å². The van der Waals surface area contributed by atoms with E-state index in [1.807, 2.05) is 18.2 Å². The van der Waals surface area contributed by atoms with Crippen LogP contribution in [0.1, 0.15) is 84.2 Å². The van der Waals surface area contributed by atoms with Crippen LogP contribution in [0.5, 0.6) is 5.75 Å². The summed E-state index contributed by atoms with van der Waals surface area (Å²) in [7, 11) is -0.817. The van der Waals surface area contributed by atoms with E-state index in [9.17, 15) is 4.79 Å². The van der Waals surface area contributed by atoms with E-state index in [4.69, 9.17) is 9.16 Å². The van der Waals surface area contributed by atoms with E-state index >= 15 is 4.39 Å². The van der Waals surface area contributed by atoms with Gasteiger partial charge in [0.05, 0.1) is 12.7 Å². The molecule has 5 heteroatoms. The molecule has 1 aliphatic rings. The largest absolute Gasteiger partial charge is 0.543 e. The fourth-order valence-electron chi connectivity index (χ4n) is 6.04. The highest BCUT2D eigenvalue weighted by Crippen LogP contribution is 2.48. The normalized spacial score (nSPS) is 15.6. The van der Waals surface area contributed by atoms with Crippen molar-refractivity contribution in [3.63, 3.8) is 0 Å². The molecular formula is C30H41FO3Si. The van der Waals surface area contributed by atoms with Crippen molar-refractivity contribution in [1.29, 1.82) is 0 Å². The molecule has 190 valence electrons. The Hall–Kier alpha value is -2.40. The smallest absolute Gasteiger partial charge is 0.337 e. The summed E-state index contributed by atoms with van der Waals surface area (Å²) in [5.74, 6) is 0.0203. The third-order valence-electron chi connectivity index (χ3n) is 7.81. The van der Waals surface area contributed by atoms with Gasteiger partial charge in [0.15, 0.2) is 0 Å². The van der Waals surface area contributed by atoms with Crippen molar-refractivity contribution < 1.29 is 18.3 Å². The molecule has 0 unspecified atom stereocenters. The molecule has 35 heavy (non-hydrogen) atoms. The van der Waals surface area contributed by atoms with Gasteiger partial charge in [0, 0.05) is 5.56 Å². The number of allylic oxidation sites excluding steroid dienone is 2. The van der Waals surface area contributed by atoms with Crippen LogP contribution in [0.4, 0.5) is 4.39 Å². The molecule has 1 aliphatic carbocycles. The van der Waals surface area contributed by atoms with E-state index in [2.05, 4.69) is 61.5 Å². The van der Waals surface area contributed by atoms with Gasteiger partial charge < -0.3 is 9.16 Å². The standard InChI is InChI=1S/C30H41FO3Si/c1-19(2)35(20(3)4,21(5)6)34-23-13-15-28(31)26(18-23)24-14-12-22(29(32)33-9)17-25(24)27-11-10-16-30(27,7)8/h11-15,17-21H,10,16H2,1-9H3. The van der Waals surface area contributed by atoms with Gasteiger partial charge in [-0.1, -0.05) is 67.5 Å². The maximum absolute atomic E-state index is 15.4. The van der Waals surface area contributed by atoms with Gasteiger partial charge in [-0.15, -0.1) is 0 Å². The minimum Gasteiger partial charge on any atom is -0.543 e. The first-order chi connectivity index (χ1) is 16.3. The van der Waals surface area contributed by atoms with Crippen LogP contribution < -0.4 is 4.43 Å². The number of ether oxygens (including phenoxy) is 1. The molecule has 0 saturated heterocycles. The van der Waals surface area contributed by atoms with Crippen LogP contribution in [0.15, 0.2) is 42.5 Å². The number of esters is 1. The van der Waals surface area contributed by atoms with Crippen molar-refractivity contribution in [2.75, 3.05) is 7.11 Å². The van der Waals surface area contributed by atoms with Crippen molar-refractivity contribution in [3.05, 3.63) is 59.4 Å². The lowest BCUT2D eigenvalue weighted by Gasteiger charge is -2.42. The van der Waals surface area contributed by atoms with Crippen LogP contribution >= 0.6 is 0 Å². The van der Waals surface area contributed by atoms with Crippen molar-refractivity contribution in [3.8, 4) is 16.9 Å². The van der Waals surface area contributed by atoms with Gasteiger partial charge in [0.2, 0.25) is 0 Å². The molecule has 0 amide bonds. The average molecular weight is 497 g/mol. The Morgan fingerprint density at radius 2 is 1.54 bits per heavy atom. The molecule has 0 N–H and O–H groups in total. The number of hydrogen-bond acceptors (Lipinski definition) is 3. The minimum absolute atomic E-state index is 0.0664. The Morgan fingerprint density at radius 1 is 0.914 bits per heavy atom. The summed E-state index contributed by atoms with van der Waals surface area (Å²) in [5.41, 5.74) is 4.92. The number of benzene rings is 2. The second-order valence-corrected chi connectivity index (χ2v) is 16.7. The quantitative estimate of drug-likeness (QED) is 0.270. The molecule has 2 aromatic rings. The summed E-state index contributed by atoms with van der Waals surface area (Å²) < 4.78 is 27.2. The van der Waals surface area contributed by atoms with Crippen molar-refractivity contribution >= 4 is 19.9 Å². The molecule has 0 bridgehead atoms. The Balaban J connectivity index is 2.19. The van der Waals surface area contributed by atoms with Crippen LogP contribution in [0.2, 0.25) is 16.6 Å². The van der Waals surface area contributed by atoms with E-state index in [1.165, 1.54) is 13.2 Å². The number of carbonyl (C=O) groups is 1. The van der Waals surface area contributed by atoms with E-state index < -0.39 is 14.3 Å². The lowest BCUT2D eigenvalue weighted by atomic mass is 9.79. The molecule has 0 heterocycles. The van der Waals surface area contributed by atoms with Gasteiger partial charge in [-0.05, 0) is 81.9 Å². The van der Waals surface area contributed by atoms with E-state index in [-0.39, 0.29) is 11.2 Å². The molecule has 0 radical (unpaired) electrons. The maximum atomic E-state index is 15.4. The van der Waals surface area contributed by atoms with Gasteiger partial charge in [-0.3, -0.25) is 0 Å². The summed E-state index contributed by atoms with van der Waals surface area (Å²) in [4.78, 5) is 12.3. The first-order valence-electron chi connectivity index (χ1n) is 12.8. The third-order valence-corrected chi connectivity index (χ3v) is 13.8. The lowest BCUT2D eigenvalue weighted by Crippen LogP contribution is -2.50. The highest BCUT2D eigenvalue weighted by Gasteiger charge is 2.47. The third kappa shape index (κ3) is 5.11. The first-order valence-corrected chi connectivity index (χ1v) is 14.9. The topological polar surface area (TPSA) is 35.5 Å². The van der Waals surface area contributed by atoms with E-state index in [1.54, 1.807) is 12.1 Å². The Labute approximate surface area is 211 Å². The highest BCUT2D eigenvalue weighted by atomic mass is 28.4. The second-order valence-electron chi connectivity index (χ2n) is 11.4. The second kappa shape index (κ2) is 10.3. The summed E-state index contributed by atoms with van der Waals surface area (Å²) >= 11 is 0. The SMILES string of the molecule is COC(=O)c1ccc(-c2cc(O[Si](C(C)C)(C(C)C)C(C)C)ccc2F)c(C2=CCCC2(C)C)c1. The van der Waals surface area contributed by atoms with Crippen molar-refractivity contribution in [2.24, 2.45) is 5.41 Å². The van der Waals surface area contributed by atoms with Gasteiger partial charge >= 0.3 is 5.97 Å². The molecule has 0 saturated carbocycles. The molecule has 0 atom stereocenters. The van der Waals surface area contributed by atoms with Crippen LogP contribution in [0.3, 0.4) is 0 Å². The summed E-state index contributed by atoms with van der Waals surface area (Å²) in [6.07, 6.45) is 4.19. The summed E-state index contributed by atoms with van der Waals surface area (Å²) in [6.45, 7) is 17.9. The zero-order chi connectivity index (χ0) is 26.1. The summed E-state index contributed by atoms with van der Waals surface area (Å²) in [6, 6.07) is 10.5. The Kier molecular flexibility index (Phi) is 8.00. The van der Waals surface area contributed by atoms with Gasteiger partial charge in [-0.25, -0.2) is 9.18 Å². The predicted molar refractivity (Wildman–Crippen MR) is 146 cm³/mol. The number of carbonyl (C=O) groups excluding carboxylic acids is 1. The molecule has 2 aromatic carbocycles. The Morgan fingerprint density at radius 3 is 2.06 bits per heavy atom. The fraction of sp³-hybridized carbons (Fsp3) is 0.500. The molecule has 0 aromatic heterocycles. The Bertz CT molecular complexity index is 1090. The minimum atomic E-state index is -2.20. The van der Waals surface area contributed by atoms with Crippen LogP contribution in [-0.4, -0.2) is 21.4 Å². The highest BCUT2D eigenvalue weighted by molar-refractivity contribution is 6.78. The number of rotatable bonds is 8. The van der Waals surface area contributed by atoms with Crippen LogP contribution in [0.25, 0.3) is 16.7 Å². The van der Waals surface area contributed by atoms with Crippen LogP contribution in [-0.2, 0) is 4.74 Å². The monoisotopic (exact) mass is 496 g/mol. The molecule has 3 nitrogen and oxygen atoms in total. The molecule has 0 aliphatic heterocycles. The molecular weight excluding hydrogens is 455 g/mol. The number of halogens is 1. The van der Waals surface area contributed by atoms with Crippen molar-refractivity contribution in [2.45, 2.75) is 84.9 Å². The van der Waals surface area contributed by atoms with Gasteiger partial charge in [0.1, 0.15) is 11.6 Å². The van der Waals surface area contributed by atoms with Gasteiger partial charge in [-0.2, -0.15) is 0 Å². The van der Waals surface area contributed by atoms with E-state index in [0.717, 1.165) is 29.5 Å².